The van der Waals surface area contributed by atoms with Gasteiger partial charge in [0, 0.05) is 12.0 Å². The highest BCUT2D eigenvalue weighted by Gasteiger charge is 2.19. The summed E-state index contributed by atoms with van der Waals surface area (Å²) in [6, 6.07) is 14.6. The molecule has 0 bridgehead atoms. The van der Waals surface area contributed by atoms with Crippen LogP contribution >= 0.6 is 11.3 Å². The van der Waals surface area contributed by atoms with Gasteiger partial charge in [0.1, 0.15) is 5.75 Å². The molecule has 28 heavy (non-hydrogen) atoms. The van der Waals surface area contributed by atoms with Gasteiger partial charge < -0.3 is 14.0 Å². The molecule has 5 heteroatoms. The van der Waals surface area contributed by atoms with E-state index in [1.165, 1.54) is 16.8 Å². The lowest BCUT2D eigenvalue weighted by Gasteiger charge is -2.14. The minimum Gasteiger partial charge on any atom is -0.497 e. The maximum Gasteiger partial charge on any atom is 0.190 e. The van der Waals surface area contributed by atoms with E-state index < -0.39 is 0 Å². The molecule has 0 radical (unpaired) electrons. The fraction of sp³-hybridized carbons (Fsp3) is 0.348. The molecular weight excluding hydrogens is 368 g/mol. The second-order valence-corrected chi connectivity index (χ2v) is 8.12. The van der Waals surface area contributed by atoms with Crippen LogP contribution in [0.1, 0.15) is 24.0 Å². The summed E-state index contributed by atoms with van der Waals surface area (Å²) < 4.78 is 13.5. The molecule has 4 rings (SSSR count). The zero-order valence-electron chi connectivity index (χ0n) is 16.6. The van der Waals surface area contributed by atoms with Gasteiger partial charge >= 0.3 is 0 Å². The summed E-state index contributed by atoms with van der Waals surface area (Å²) in [5, 5.41) is 2.19. The first-order valence-corrected chi connectivity index (χ1v) is 10.6. The first-order valence-electron chi connectivity index (χ1n) is 9.70. The lowest BCUT2D eigenvalue weighted by Crippen LogP contribution is -2.24. The predicted molar refractivity (Wildman–Crippen MR) is 114 cm³/mol. The molecule has 4 nitrogen and oxygen atoms in total. The summed E-state index contributed by atoms with van der Waals surface area (Å²) in [6.07, 6.45) is 2.50. The molecule has 0 spiro atoms. The minimum absolute atomic E-state index is 0.254. The van der Waals surface area contributed by atoms with Gasteiger partial charge in [-0.05, 0) is 68.1 Å². The number of nitrogens with zero attached hydrogens (tertiary/aromatic N) is 2. The Hall–Kier alpha value is -2.37. The van der Waals surface area contributed by atoms with E-state index in [1.807, 2.05) is 12.1 Å². The molecule has 1 fully saturated rings. The Labute approximate surface area is 170 Å². The third-order valence-electron chi connectivity index (χ3n) is 5.16. The van der Waals surface area contributed by atoms with Crippen LogP contribution in [0.5, 0.6) is 5.75 Å². The summed E-state index contributed by atoms with van der Waals surface area (Å²) in [4.78, 5) is 6.01. The summed E-state index contributed by atoms with van der Waals surface area (Å²) >= 11 is 1.68. The second-order valence-electron chi connectivity index (χ2n) is 7.28. The average molecular weight is 395 g/mol. The number of aromatic nitrogens is 1. The lowest BCUT2D eigenvalue weighted by atomic mass is 10.1. The number of methoxy groups -OCH3 is 1. The fourth-order valence-corrected chi connectivity index (χ4v) is 4.54. The molecular formula is C23H26N2O2S. The standard InChI is InChI=1S/C23H26N2O2S/c1-16-6-11-21(17(2)13-16)24-23-25(14-20-5-4-12-27-20)22(15-28-23)18-7-9-19(26-3)10-8-18/h6-11,13,15,20H,4-5,12,14H2,1-3H3. The zero-order valence-corrected chi connectivity index (χ0v) is 17.5. The molecule has 0 aliphatic carbocycles. The van der Waals surface area contributed by atoms with Crippen LogP contribution in [0.15, 0.2) is 52.8 Å². The van der Waals surface area contributed by atoms with Crippen molar-refractivity contribution in [3.63, 3.8) is 0 Å². The van der Waals surface area contributed by atoms with Crippen molar-refractivity contribution in [2.45, 2.75) is 39.3 Å². The van der Waals surface area contributed by atoms with E-state index in [4.69, 9.17) is 14.5 Å². The molecule has 0 amide bonds. The van der Waals surface area contributed by atoms with E-state index in [2.05, 4.69) is 54.1 Å². The number of benzene rings is 2. The number of hydrogen-bond acceptors (Lipinski definition) is 4. The average Bonchev–Trinajstić information content (AvgIpc) is 3.35. The van der Waals surface area contributed by atoms with Gasteiger partial charge in [-0.15, -0.1) is 11.3 Å². The minimum atomic E-state index is 0.254. The number of hydrogen-bond donors (Lipinski definition) is 0. The van der Waals surface area contributed by atoms with Gasteiger partial charge in [0.05, 0.1) is 31.1 Å². The summed E-state index contributed by atoms with van der Waals surface area (Å²) in [7, 11) is 1.69. The third kappa shape index (κ3) is 4.05. The zero-order chi connectivity index (χ0) is 19.5. The van der Waals surface area contributed by atoms with E-state index >= 15 is 0 Å². The van der Waals surface area contributed by atoms with Gasteiger partial charge in [0.15, 0.2) is 4.80 Å². The molecule has 1 saturated heterocycles. The Morgan fingerprint density at radius 2 is 2.00 bits per heavy atom. The first kappa shape index (κ1) is 19.0. The van der Waals surface area contributed by atoms with E-state index in [1.54, 1.807) is 18.4 Å². The van der Waals surface area contributed by atoms with Gasteiger partial charge in [-0.25, -0.2) is 4.99 Å². The Morgan fingerprint density at radius 1 is 1.18 bits per heavy atom. The Balaban J connectivity index is 1.79. The van der Waals surface area contributed by atoms with Crippen LogP contribution in [-0.4, -0.2) is 24.4 Å². The van der Waals surface area contributed by atoms with Crippen LogP contribution in [0.25, 0.3) is 11.3 Å². The molecule has 2 heterocycles. The predicted octanol–water partition coefficient (Wildman–Crippen LogP) is 5.25. The molecule has 1 unspecified atom stereocenters. The maximum absolute atomic E-state index is 5.92. The van der Waals surface area contributed by atoms with E-state index in [0.29, 0.717) is 0 Å². The fourth-order valence-electron chi connectivity index (χ4n) is 3.61. The first-order chi connectivity index (χ1) is 13.6. The molecule has 146 valence electrons. The Bertz CT molecular complexity index is 1010. The topological polar surface area (TPSA) is 35.8 Å². The molecule has 0 saturated carbocycles. The monoisotopic (exact) mass is 394 g/mol. The molecule has 1 aromatic heterocycles. The van der Waals surface area contributed by atoms with Crippen LogP contribution < -0.4 is 9.54 Å². The van der Waals surface area contributed by atoms with Crippen molar-refractivity contribution in [2.24, 2.45) is 4.99 Å². The van der Waals surface area contributed by atoms with Gasteiger partial charge in [0.2, 0.25) is 0 Å². The molecule has 3 aromatic rings. The number of rotatable bonds is 5. The van der Waals surface area contributed by atoms with Crippen LogP contribution in [-0.2, 0) is 11.3 Å². The summed E-state index contributed by atoms with van der Waals surface area (Å²) in [6.45, 7) is 5.92. The van der Waals surface area contributed by atoms with Crippen molar-refractivity contribution in [3.8, 4) is 17.0 Å². The number of thiazole rings is 1. The second kappa shape index (κ2) is 8.33. The normalized spacial score (nSPS) is 17.2. The van der Waals surface area contributed by atoms with Gasteiger partial charge in [-0.1, -0.05) is 17.7 Å². The van der Waals surface area contributed by atoms with Gasteiger partial charge in [0.25, 0.3) is 0 Å². The SMILES string of the molecule is COc1ccc(-c2csc(=Nc3ccc(C)cc3C)n2CC2CCCO2)cc1. The maximum atomic E-state index is 5.92. The van der Waals surface area contributed by atoms with E-state index in [9.17, 15) is 0 Å². The smallest absolute Gasteiger partial charge is 0.190 e. The molecule has 1 atom stereocenters. The van der Waals surface area contributed by atoms with Crippen molar-refractivity contribution in [3.05, 3.63) is 63.8 Å². The van der Waals surface area contributed by atoms with Crippen molar-refractivity contribution in [1.29, 1.82) is 0 Å². The molecule has 1 aliphatic heterocycles. The largest absolute Gasteiger partial charge is 0.497 e. The van der Waals surface area contributed by atoms with Crippen molar-refractivity contribution < 1.29 is 9.47 Å². The number of aryl methyl sites for hydroxylation is 2. The molecule has 1 aliphatic rings. The van der Waals surface area contributed by atoms with Gasteiger partial charge in [-0.2, -0.15) is 0 Å². The van der Waals surface area contributed by atoms with Gasteiger partial charge in [-0.3, -0.25) is 0 Å². The molecule has 2 aromatic carbocycles. The van der Waals surface area contributed by atoms with Crippen molar-refractivity contribution in [1.82, 2.24) is 4.57 Å². The van der Waals surface area contributed by atoms with E-state index in [0.717, 1.165) is 47.8 Å². The van der Waals surface area contributed by atoms with Crippen LogP contribution in [0, 0.1) is 13.8 Å². The summed E-state index contributed by atoms with van der Waals surface area (Å²) in [5.74, 6) is 0.866. The highest BCUT2D eigenvalue weighted by Crippen LogP contribution is 2.26. The Kier molecular flexibility index (Phi) is 5.64. The van der Waals surface area contributed by atoms with Crippen LogP contribution in [0.2, 0.25) is 0 Å². The highest BCUT2D eigenvalue weighted by atomic mass is 32.1. The summed E-state index contributed by atoms with van der Waals surface area (Å²) in [5.41, 5.74) is 5.82. The number of ether oxygens (including phenoxy) is 2. The lowest BCUT2D eigenvalue weighted by molar-refractivity contribution is 0.0968. The highest BCUT2D eigenvalue weighted by molar-refractivity contribution is 7.07. The Morgan fingerprint density at radius 3 is 2.68 bits per heavy atom. The molecule has 0 N–H and O–H groups in total. The van der Waals surface area contributed by atoms with Crippen LogP contribution in [0.4, 0.5) is 5.69 Å². The van der Waals surface area contributed by atoms with Crippen LogP contribution in [0.3, 0.4) is 0 Å². The third-order valence-corrected chi connectivity index (χ3v) is 6.03. The van der Waals surface area contributed by atoms with Crippen molar-refractivity contribution in [2.75, 3.05) is 13.7 Å². The quantitative estimate of drug-likeness (QED) is 0.592. The van der Waals surface area contributed by atoms with E-state index in [-0.39, 0.29) is 6.10 Å². The van der Waals surface area contributed by atoms with Crippen molar-refractivity contribution >= 4 is 17.0 Å².